The summed E-state index contributed by atoms with van der Waals surface area (Å²) in [5.41, 5.74) is 0.808. The summed E-state index contributed by atoms with van der Waals surface area (Å²) >= 11 is 2.42. The van der Waals surface area contributed by atoms with Gasteiger partial charge in [-0.2, -0.15) is 0 Å². The van der Waals surface area contributed by atoms with E-state index in [0.717, 1.165) is 22.9 Å². The normalized spacial score (nSPS) is 14.6. The van der Waals surface area contributed by atoms with Gasteiger partial charge >= 0.3 is 0 Å². The first-order valence-electron chi connectivity index (χ1n) is 6.87. The van der Waals surface area contributed by atoms with E-state index in [2.05, 4.69) is 41.4 Å². The molecule has 0 radical (unpaired) electrons. The van der Waals surface area contributed by atoms with Gasteiger partial charge in [0, 0.05) is 35.1 Å². The van der Waals surface area contributed by atoms with Crippen molar-refractivity contribution >= 4 is 27.3 Å². The maximum atomic E-state index is 12.1. The van der Waals surface area contributed by atoms with Gasteiger partial charge in [0.05, 0.1) is 6.04 Å². The zero-order valence-electron chi connectivity index (χ0n) is 12.5. The van der Waals surface area contributed by atoms with Crippen molar-refractivity contribution in [2.24, 2.45) is 13.0 Å². The van der Waals surface area contributed by atoms with Crippen LogP contribution in [-0.4, -0.2) is 14.9 Å². The molecule has 0 aliphatic rings. The second-order valence-electron chi connectivity index (χ2n) is 5.27. The van der Waals surface area contributed by atoms with Crippen LogP contribution in [0.25, 0.3) is 0 Å². The highest BCUT2D eigenvalue weighted by atomic mass is 79.9. The minimum absolute atomic E-state index is 0.0602. The van der Waals surface area contributed by atoms with Crippen LogP contribution in [0, 0.1) is 5.92 Å². The van der Waals surface area contributed by atoms with Crippen molar-refractivity contribution in [2.45, 2.75) is 39.7 Å². The molecule has 2 atom stereocenters. The van der Waals surface area contributed by atoms with Crippen molar-refractivity contribution in [3.8, 4) is 0 Å². The predicted molar refractivity (Wildman–Crippen MR) is 88.0 cm³/mol. The Hall–Kier alpha value is -0.300. The fraction of sp³-hybridized carbons (Fsp3) is 0.643. The summed E-state index contributed by atoms with van der Waals surface area (Å²) in [4.78, 5) is 11.8. The van der Waals surface area contributed by atoms with Crippen LogP contribution in [0.15, 0.2) is 21.5 Å². The monoisotopic (exact) mass is 362 g/mol. The number of hydrogen-bond donors (Lipinski definition) is 1. The van der Waals surface area contributed by atoms with Gasteiger partial charge in [0.1, 0.15) is 5.75 Å². The summed E-state index contributed by atoms with van der Waals surface area (Å²) in [5, 5.41) is 0. The van der Waals surface area contributed by atoms with Gasteiger partial charge < -0.3 is 9.12 Å². The van der Waals surface area contributed by atoms with E-state index in [4.69, 9.17) is 0 Å². The van der Waals surface area contributed by atoms with E-state index < -0.39 is 11.4 Å². The first kappa shape index (κ1) is 17.8. The standard InChI is InChI=1S/C14H23BrN2O2S/c1-5-6-7-20(19)16-14(10(2)3)11-8-13(18)17(4)9-12(11)15/h8-10,14,16H,5-7H2,1-4H3. The number of unbranched alkanes of at least 4 members (excludes halogenated alkanes) is 1. The second-order valence-corrected chi connectivity index (χ2v) is 7.46. The minimum atomic E-state index is -1.07. The summed E-state index contributed by atoms with van der Waals surface area (Å²) in [6.45, 7) is 6.19. The molecule has 0 amide bonds. The average Bonchev–Trinajstić information content (AvgIpc) is 2.38. The molecule has 0 aliphatic carbocycles. The lowest BCUT2D eigenvalue weighted by Crippen LogP contribution is -2.34. The minimum Gasteiger partial charge on any atom is -0.598 e. The molecular weight excluding hydrogens is 340 g/mol. The molecule has 2 unspecified atom stereocenters. The van der Waals surface area contributed by atoms with Crippen molar-refractivity contribution in [3.05, 3.63) is 32.7 Å². The highest BCUT2D eigenvalue weighted by molar-refractivity contribution is 9.10. The fourth-order valence-corrected chi connectivity index (χ4v) is 3.90. The van der Waals surface area contributed by atoms with Gasteiger partial charge in [0.25, 0.3) is 5.56 Å². The molecule has 114 valence electrons. The first-order chi connectivity index (χ1) is 9.36. The quantitative estimate of drug-likeness (QED) is 0.758. The van der Waals surface area contributed by atoms with Gasteiger partial charge in [-0.15, -0.1) is 4.72 Å². The van der Waals surface area contributed by atoms with E-state index in [9.17, 15) is 9.35 Å². The van der Waals surface area contributed by atoms with Crippen LogP contribution in [0.3, 0.4) is 0 Å². The predicted octanol–water partition coefficient (Wildman–Crippen LogP) is 2.90. The van der Waals surface area contributed by atoms with Crippen molar-refractivity contribution in [1.29, 1.82) is 0 Å². The Labute approximate surface area is 132 Å². The number of aryl methyl sites for hydroxylation is 1. The summed E-state index contributed by atoms with van der Waals surface area (Å²) < 4.78 is 17.6. The van der Waals surface area contributed by atoms with Crippen molar-refractivity contribution in [1.82, 2.24) is 9.29 Å². The SMILES string of the molecule is CCCC[S+]([O-])NC(c1cc(=O)n(C)cc1Br)C(C)C. The zero-order chi connectivity index (χ0) is 15.3. The number of pyridine rings is 1. The number of hydrogen-bond acceptors (Lipinski definition) is 3. The molecule has 6 heteroatoms. The maximum Gasteiger partial charge on any atom is 0.250 e. The van der Waals surface area contributed by atoms with Gasteiger partial charge in [0.2, 0.25) is 0 Å². The van der Waals surface area contributed by atoms with Crippen molar-refractivity contribution in [3.63, 3.8) is 0 Å². The van der Waals surface area contributed by atoms with Crippen LogP contribution in [-0.2, 0) is 18.4 Å². The molecule has 0 spiro atoms. The molecule has 0 saturated heterocycles. The topological polar surface area (TPSA) is 57.1 Å². The van der Waals surface area contributed by atoms with E-state index in [1.54, 1.807) is 19.3 Å². The number of aromatic nitrogens is 1. The van der Waals surface area contributed by atoms with Gasteiger partial charge in [-0.1, -0.05) is 27.2 Å². The molecule has 0 bridgehead atoms. The summed E-state index contributed by atoms with van der Waals surface area (Å²) in [6.07, 6.45) is 3.71. The van der Waals surface area contributed by atoms with Crippen LogP contribution in [0.5, 0.6) is 0 Å². The summed E-state index contributed by atoms with van der Waals surface area (Å²) in [5.74, 6) is 0.881. The molecule has 0 fully saturated rings. The maximum absolute atomic E-state index is 12.1. The third-order valence-electron chi connectivity index (χ3n) is 3.15. The molecule has 20 heavy (non-hydrogen) atoms. The number of halogens is 1. The van der Waals surface area contributed by atoms with Crippen molar-refractivity contribution in [2.75, 3.05) is 5.75 Å². The Morgan fingerprint density at radius 2 is 2.15 bits per heavy atom. The van der Waals surface area contributed by atoms with Crippen LogP contribution in [0.2, 0.25) is 0 Å². The van der Waals surface area contributed by atoms with Gasteiger partial charge in [-0.3, -0.25) is 4.79 Å². The van der Waals surface area contributed by atoms with E-state index in [0.29, 0.717) is 5.75 Å². The Balaban J connectivity index is 2.97. The molecule has 4 nitrogen and oxygen atoms in total. The van der Waals surface area contributed by atoms with Gasteiger partial charge in [0.15, 0.2) is 0 Å². The fourth-order valence-electron chi connectivity index (χ4n) is 1.88. The average molecular weight is 363 g/mol. The highest BCUT2D eigenvalue weighted by Crippen LogP contribution is 2.28. The third-order valence-corrected chi connectivity index (χ3v) is 4.99. The van der Waals surface area contributed by atoms with Gasteiger partial charge in [-0.25, -0.2) is 0 Å². The van der Waals surface area contributed by atoms with E-state index >= 15 is 0 Å². The third kappa shape index (κ3) is 4.91. The molecule has 1 aromatic rings. The summed E-state index contributed by atoms with van der Waals surface area (Å²) in [7, 11) is 1.72. The first-order valence-corrected chi connectivity index (χ1v) is 8.98. The molecule has 1 aromatic heterocycles. The number of nitrogens with one attached hydrogen (secondary N) is 1. The Bertz CT molecular complexity index is 491. The van der Waals surface area contributed by atoms with E-state index in [1.807, 2.05) is 0 Å². The zero-order valence-corrected chi connectivity index (χ0v) is 14.9. The lowest BCUT2D eigenvalue weighted by atomic mass is 9.98. The largest absolute Gasteiger partial charge is 0.598 e. The molecule has 1 N–H and O–H groups in total. The van der Waals surface area contributed by atoms with Gasteiger partial charge in [-0.05, 0) is 33.8 Å². The molecule has 0 aliphatic heterocycles. The lowest BCUT2D eigenvalue weighted by Gasteiger charge is -2.24. The highest BCUT2D eigenvalue weighted by Gasteiger charge is 2.24. The Morgan fingerprint density at radius 3 is 2.70 bits per heavy atom. The second kappa shape index (κ2) is 8.22. The van der Waals surface area contributed by atoms with Crippen LogP contribution < -0.4 is 10.3 Å². The van der Waals surface area contributed by atoms with Crippen LogP contribution in [0.1, 0.15) is 45.2 Å². The molecular formula is C14H23BrN2O2S. The number of nitrogens with zero attached hydrogens (tertiary/aromatic N) is 1. The Morgan fingerprint density at radius 1 is 1.50 bits per heavy atom. The lowest BCUT2D eigenvalue weighted by molar-refractivity contribution is 0.459. The van der Waals surface area contributed by atoms with E-state index in [-0.39, 0.29) is 17.5 Å². The smallest absolute Gasteiger partial charge is 0.250 e. The molecule has 0 aromatic carbocycles. The molecule has 1 heterocycles. The molecule has 0 saturated carbocycles. The molecule has 1 rings (SSSR count). The van der Waals surface area contributed by atoms with Crippen molar-refractivity contribution < 1.29 is 4.55 Å². The number of rotatable bonds is 7. The van der Waals surface area contributed by atoms with Crippen LogP contribution in [0.4, 0.5) is 0 Å². The summed E-state index contributed by atoms with van der Waals surface area (Å²) in [6, 6.07) is 1.51. The Kier molecular flexibility index (Phi) is 7.29. The van der Waals surface area contributed by atoms with E-state index in [1.165, 1.54) is 4.57 Å². The van der Waals surface area contributed by atoms with Crippen LogP contribution >= 0.6 is 15.9 Å².